The van der Waals surface area contributed by atoms with Gasteiger partial charge in [-0.1, -0.05) is 51.0 Å². The van der Waals surface area contributed by atoms with E-state index in [9.17, 15) is 13.6 Å². The van der Waals surface area contributed by atoms with Crippen LogP contribution in [0.3, 0.4) is 0 Å². The number of ether oxygens (including phenoxy) is 1. The van der Waals surface area contributed by atoms with Crippen molar-refractivity contribution in [1.82, 2.24) is 0 Å². The molecule has 2 aliphatic rings. The van der Waals surface area contributed by atoms with Gasteiger partial charge in [0.25, 0.3) is 0 Å². The summed E-state index contributed by atoms with van der Waals surface area (Å²) in [6.45, 7) is 4.63. The first-order valence-corrected chi connectivity index (χ1v) is 13.6. The van der Waals surface area contributed by atoms with Gasteiger partial charge in [0.05, 0.1) is 5.56 Å². The standard InChI is InChI=1S/C31H40F2O2/c1-3-4-22(2)24-9-11-26(12-10-24)27-13-17-29(18-14-27)31(32,33)35-30-19-15-28(16-20-30)25-7-5-23(21-34)6-8-25/h13-26H,3-12H2,1-2H3/t22-,23?,24?,25?,26?/m0/s1. The van der Waals surface area contributed by atoms with E-state index in [4.69, 9.17) is 4.74 Å². The molecular formula is C31H40F2O2. The van der Waals surface area contributed by atoms with E-state index in [0.29, 0.717) is 11.8 Å². The maximum absolute atomic E-state index is 14.9. The molecule has 2 saturated carbocycles. The van der Waals surface area contributed by atoms with Crippen LogP contribution in [0.2, 0.25) is 0 Å². The van der Waals surface area contributed by atoms with Crippen LogP contribution in [-0.4, -0.2) is 6.29 Å². The number of rotatable bonds is 9. The fourth-order valence-corrected chi connectivity index (χ4v) is 6.27. The van der Waals surface area contributed by atoms with Gasteiger partial charge in [-0.05, 0) is 110 Å². The van der Waals surface area contributed by atoms with Crippen molar-refractivity contribution in [2.45, 2.75) is 96.0 Å². The highest BCUT2D eigenvalue weighted by Crippen LogP contribution is 2.41. The van der Waals surface area contributed by atoms with Crippen LogP contribution < -0.4 is 4.74 Å². The Balaban J connectivity index is 1.32. The predicted molar refractivity (Wildman–Crippen MR) is 137 cm³/mol. The topological polar surface area (TPSA) is 26.3 Å². The van der Waals surface area contributed by atoms with Gasteiger partial charge in [-0.25, -0.2) is 0 Å². The van der Waals surface area contributed by atoms with Crippen molar-refractivity contribution < 1.29 is 18.3 Å². The van der Waals surface area contributed by atoms with E-state index < -0.39 is 6.11 Å². The van der Waals surface area contributed by atoms with Crippen molar-refractivity contribution >= 4 is 6.29 Å². The van der Waals surface area contributed by atoms with Crippen LogP contribution in [0.15, 0.2) is 48.5 Å². The average Bonchev–Trinajstić information content (AvgIpc) is 2.89. The van der Waals surface area contributed by atoms with E-state index in [0.717, 1.165) is 62.2 Å². The van der Waals surface area contributed by atoms with Gasteiger partial charge in [0, 0.05) is 5.92 Å². The molecule has 4 rings (SSSR count). The van der Waals surface area contributed by atoms with E-state index in [1.807, 2.05) is 24.3 Å². The lowest BCUT2D eigenvalue weighted by Crippen LogP contribution is -2.22. The summed E-state index contributed by atoms with van der Waals surface area (Å²) in [5.41, 5.74) is 2.19. The summed E-state index contributed by atoms with van der Waals surface area (Å²) in [5, 5.41) is 0. The molecule has 0 amide bonds. The predicted octanol–water partition coefficient (Wildman–Crippen LogP) is 9.00. The molecule has 0 aromatic heterocycles. The number of carbonyl (C=O) groups is 1. The van der Waals surface area contributed by atoms with Crippen LogP contribution in [0.4, 0.5) is 8.78 Å². The molecule has 0 bridgehead atoms. The van der Waals surface area contributed by atoms with Crippen LogP contribution in [0, 0.1) is 17.8 Å². The second-order valence-corrected chi connectivity index (χ2v) is 10.9. The van der Waals surface area contributed by atoms with E-state index >= 15 is 0 Å². The number of aldehydes is 1. The molecule has 0 N–H and O–H groups in total. The van der Waals surface area contributed by atoms with Crippen LogP contribution in [0.5, 0.6) is 5.75 Å². The highest BCUT2D eigenvalue weighted by molar-refractivity contribution is 5.53. The smallest absolute Gasteiger partial charge is 0.426 e. The van der Waals surface area contributed by atoms with Gasteiger partial charge < -0.3 is 9.53 Å². The molecule has 0 aliphatic heterocycles. The van der Waals surface area contributed by atoms with Gasteiger partial charge in [-0.15, -0.1) is 0 Å². The van der Waals surface area contributed by atoms with Gasteiger partial charge in [0.2, 0.25) is 0 Å². The summed E-state index contributed by atoms with van der Waals surface area (Å²) in [5.74, 6) is 2.79. The van der Waals surface area contributed by atoms with Gasteiger partial charge >= 0.3 is 6.11 Å². The Hall–Kier alpha value is -2.23. The Bertz CT molecular complexity index is 921. The normalized spacial score (nSPS) is 26.2. The van der Waals surface area contributed by atoms with E-state index in [1.165, 1.54) is 43.4 Å². The molecule has 0 radical (unpaired) electrons. The van der Waals surface area contributed by atoms with Crippen LogP contribution in [-0.2, 0) is 10.9 Å². The Kier molecular flexibility index (Phi) is 8.62. The van der Waals surface area contributed by atoms with Gasteiger partial charge in [-0.2, -0.15) is 8.78 Å². The van der Waals surface area contributed by atoms with Gasteiger partial charge in [-0.3, -0.25) is 0 Å². The minimum Gasteiger partial charge on any atom is -0.429 e. The lowest BCUT2D eigenvalue weighted by Gasteiger charge is -2.32. The molecule has 2 aliphatic carbocycles. The summed E-state index contributed by atoms with van der Waals surface area (Å²) in [6, 6.07) is 13.8. The van der Waals surface area contributed by atoms with Crippen LogP contribution in [0.1, 0.15) is 107 Å². The number of hydrogen-bond acceptors (Lipinski definition) is 2. The molecule has 0 heterocycles. The van der Waals surface area contributed by atoms with Crippen molar-refractivity contribution in [3.63, 3.8) is 0 Å². The summed E-state index contributed by atoms with van der Waals surface area (Å²) >= 11 is 0. The molecule has 1 atom stereocenters. The minimum atomic E-state index is -3.38. The molecule has 2 fully saturated rings. The zero-order valence-corrected chi connectivity index (χ0v) is 21.2. The number of halogens is 2. The summed E-state index contributed by atoms with van der Waals surface area (Å²) < 4.78 is 35.0. The second kappa shape index (κ2) is 11.7. The molecule has 35 heavy (non-hydrogen) atoms. The third-order valence-electron chi connectivity index (χ3n) is 8.60. The lowest BCUT2D eigenvalue weighted by molar-refractivity contribution is -0.185. The molecule has 2 aromatic carbocycles. The van der Waals surface area contributed by atoms with E-state index in [1.54, 1.807) is 12.1 Å². The van der Waals surface area contributed by atoms with Crippen LogP contribution >= 0.6 is 0 Å². The van der Waals surface area contributed by atoms with Crippen molar-refractivity contribution in [3.8, 4) is 5.75 Å². The minimum absolute atomic E-state index is 0.109. The molecule has 0 unspecified atom stereocenters. The quantitative estimate of drug-likeness (QED) is 0.333. The third-order valence-corrected chi connectivity index (χ3v) is 8.60. The molecule has 0 saturated heterocycles. The van der Waals surface area contributed by atoms with Crippen molar-refractivity contribution in [3.05, 3.63) is 65.2 Å². The first kappa shape index (κ1) is 25.9. The zero-order valence-electron chi connectivity index (χ0n) is 21.2. The third kappa shape index (κ3) is 6.51. The molecule has 4 heteroatoms. The van der Waals surface area contributed by atoms with Crippen LogP contribution in [0.25, 0.3) is 0 Å². The maximum Gasteiger partial charge on any atom is 0.426 e. The fraction of sp³-hybridized carbons (Fsp3) is 0.581. The zero-order chi connectivity index (χ0) is 24.8. The molecule has 0 spiro atoms. The van der Waals surface area contributed by atoms with Gasteiger partial charge in [0.15, 0.2) is 0 Å². The first-order valence-electron chi connectivity index (χ1n) is 13.6. The summed E-state index contributed by atoms with van der Waals surface area (Å²) in [4.78, 5) is 11.0. The number of hydrogen-bond donors (Lipinski definition) is 0. The Morgan fingerprint density at radius 1 is 0.857 bits per heavy atom. The van der Waals surface area contributed by atoms with Gasteiger partial charge in [0.1, 0.15) is 12.0 Å². The first-order chi connectivity index (χ1) is 16.9. The Morgan fingerprint density at radius 2 is 1.37 bits per heavy atom. The average molecular weight is 483 g/mol. The largest absolute Gasteiger partial charge is 0.429 e. The monoisotopic (exact) mass is 482 g/mol. The molecule has 2 nitrogen and oxygen atoms in total. The van der Waals surface area contributed by atoms with Crippen molar-refractivity contribution in [1.29, 1.82) is 0 Å². The summed E-state index contributed by atoms with van der Waals surface area (Å²) in [7, 11) is 0. The number of carbonyl (C=O) groups excluding carboxylic acids is 1. The molecule has 190 valence electrons. The van der Waals surface area contributed by atoms with Crippen molar-refractivity contribution in [2.75, 3.05) is 0 Å². The summed E-state index contributed by atoms with van der Waals surface area (Å²) in [6.07, 6.45) is 8.72. The number of benzene rings is 2. The Labute approximate surface area is 209 Å². The fourth-order valence-electron chi connectivity index (χ4n) is 6.27. The lowest BCUT2D eigenvalue weighted by atomic mass is 9.73. The second-order valence-electron chi connectivity index (χ2n) is 10.9. The van der Waals surface area contributed by atoms with E-state index in [2.05, 4.69) is 13.8 Å². The maximum atomic E-state index is 14.9. The SMILES string of the molecule is CCC[C@H](C)C1CCC(c2ccc(C(F)(F)Oc3ccc(C4CCC(C=O)CC4)cc3)cc2)CC1. The Morgan fingerprint density at radius 3 is 1.89 bits per heavy atom. The highest BCUT2D eigenvalue weighted by atomic mass is 19.3. The van der Waals surface area contributed by atoms with Crippen molar-refractivity contribution in [2.24, 2.45) is 17.8 Å². The molecular weight excluding hydrogens is 442 g/mol. The highest BCUT2D eigenvalue weighted by Gasteiger charge is 2.35. The van der Waals surface area contributed by atoms with E-state index in [-0.39, 0.29) is 17.2 Å². The number of alkyl halides is 2. The molecule has 2 aromatic rings.